The van der Waals surface area contributed by atoms with Crippen LogP contribution in [-0.2, 0) is 19.5 Å². The Balaban J connectivity index is 1.22. The van der Waals surface area contributed by atoms with E-state index >= 15 is 0 Å². The number of benzene rings is 3. The number of nitro benzene ring substituents is 1. The average Bonchev–Trinajstić information content (AvgIpc) is 3.52. The van der Waals surface area contributed by atoms with E-state index in [-0.39, 0.29) is 17.4 Å². The van der Waals surface area contributed by atoms with E-state index < -0.39 is 4.92 Å². The van der Waals surface area contributed by atoms with Crippen molar-refractivity contribution in [2.24, 2.45) is 0 Å². The molecule has 0 unspecified atom stereocenters. The number of aromatic nitrogens is 1. The van der Waals surface area contributed by atoms with Crippen molar-refractivity contribution >= 4 is 28.6 Å². The van der Waals surface area contributed by atoms with Gasteiger partial charge in [-0.25, -0.2) is 9.37 Å². The van der Waals surface area contributed by atoms with Crippen LogP contribution >= 0.6 is 11.3 Å². The minimum absolute atomic E-state index is 0.0512. The Morgan fingerprint density at radius 1 is 1.00 bits per heavy atom. The second kappa shape index (κ2) is 14.3. The molecule has 3 aromatic carbocycles. The number of carbonyl (C=O) groups is 1. The molecule has 0 radical (unpaired) electrons. The quantitative estimate of drug-likeness (QED) is 0.153. The number of thiazole rings is 1. The average molecular weight is 620 g/mol. The van der Waals surface area contributed by atoms with Gasteiger partial charge in [0.15, 0.2) is 11.5 Å². The van der Waals surface area contributed by atoms with Gasteiger partial charge in [-0.05, 0) is 42.3 Å². The lowest BCUT2D eigenvalue weighted by Gasteiger charge is -2.35. The summed E-state index contributed by atoms with van der Waals surface area (Å²) in [5.41, 5.74) is 3.00. The van der Waals surface area contributed by atoms with Crippen LogP contribution < -0.4 is 14.4 Å². The van der Waals surface area contributed by atoms with E-state index in [0.717, 1.165) is 16.3 Å². The summed E-state index contributed by atoms with van der Waals surface area (Å²) in [6.07, 6.45) is 0.699. The fraction of sp³-hybridized carbons (Fsp3) is 0.312. The Kier molecular flexibility index (Phi) is 10.0. The Hall–Kier alpha value is -4.55. The molecule has 2 heterocycles. The summed E-state index contributed by atoms with van der Waals surface area (Å²) in [7, 11) is 3.20. The number of non-ortho nitro benzene ring substituents is 1. The number of piperazine rings is 1. The molecule has 10 nitrogen and oxygen atoms in total. The van der Waals surface area contributed by atoms with Crippen LogP contribution in [0.4, 0.5) is 15.8 Å². The van der Waals surface area contributed by atoms with E-state index in [1.807, 2.05) is 24.3 Å². The summed E-state index contributed by atoms with van der Waals surface area (Å²) in [5, 5.41) is 13.5. The van der Waals surface area contributed by atoms with Gasteiger partial charge in [0.2, 0.25) is 0 Å². The third-order valence-electron chi connectivity index (χ3n) is 7.64. The Labute approximate surface area is 259 Å². The maximum atomic E-state index is 14.6. The van der Waals surface area contributed by atoms with E-state index in [9.17, 15) is 19.3 Å². The van der Waals surface area contributed by atoms with Gasteiger partial charge in [0.1, 0.15) is 16.5 Å². The fourth-order valence-electron chi connectivity index (χ4n) is 5.19. The molecule has 1 fully saturated rings. The molecule has 0 saturated carbocycles. The first-order valence-electron chi connectivity index (χ1n) is 14.2. The summed E-state index contributed by atoms with van der Waals surface area (Å²) in [6, 6.07) is 19.0. The number of methoxy groups -OCH3 is 2. The van der Waals surface area contributed by atoms with Crippen molar-refractivity contribution in [1.82, 2.24) is 14.8 Å². The van der Waals surface area contributed by atoms with Gasteiger partial charge in [-0.3, -0.25) is 19.8 Å². The molecule has 1 aliphatic heterocycles. The number of carbonyl (C=O) groups excluding carboxylic acids is 1. The summed E-state index contributed by atoms with van der Waals surface area (Å²) in [5.74, 6) is 0.933. The van der Waals surface area contributed by atoms with Gasteiger partial charge in [-0.1, -0.05) is 24.3 Å². The first kappa shape index (κ1) is 30.9. The van der Waals surface area contributed by atoms with Gasteiger partial charge in [-0.2, -0.15) is 0 Å². The molecule has 1 aliphatic rings. The number of nitrogens with zero attached hydrogens (tertiary/aromatic N) is 5. The zero-order valence-electron chi connectivity index (χ0n) is 24.6. The zero-order chi connectivity index (χ0) is 31.1. The number of nitro groups is 1. The molecule has 1 saturated heterocycles. The Morgan fingerprint density at radius 3 is 2.41 bits per heavy atom. The second-order valence-electron chi connectivity index (χ2n) is 10.4. The SMILES string of the molecule is COc1ccc(CCN(Cc2nc(C(=O)N3CCN(c4ccc([N+](=O)[O-])cc4)CC3)cs2)Cc2ccccc2F)cc1OC. The minimum atomic E-state index is -0.417. The highest BCUT2D eigenvalue weighted by Crippen LogP contribution is 2.28. The monoisotopic (exact) mass is 619 g/mol. The normalized spacial score (nSPS) is 13.3. The number of rotatable bonds is 12. The molecule has 0 atom stereocenters. The van der Waals surface area contributed by atoms with Gasteiger partial charge in [0, 0.05) is 68.0 Å². The Morgan fingerprint density at radius 2 is 1.73 bits per heavy atom. The zero-order valence-corrected chi connectivity index (χ0v) is 25.5. The topological polar surface area (TPSA) is 101 Å². The summed E-state index contributed by atoms with van der Waals surface area (Å²) in [4.78, 5) is 34.5. The number of anilines is 1. The molecule has 1 amide bonds. The largest absolute Gasteiger partial charge is 0.493 e. The van der Waals surface area contributed by atoms with E-state index in [1.165, 1.54) is 29.5 Å². The highest BCUT2D eigenvalue weighted by Gasteiger charge is 2.25. The van der Waals surface area contributed by atoms with Gasteiger partial charge in [-0.15, -0.1) is 11.3 Å². The molecule has 0 N–H and O–H groups in total. The van der Waals surface area contributed by atoms with Gasteiger partial charge >= 0.3 is 0 Å². The molecule has 0 aliphatic carbocycles. The maximum Gasteiger partial charge on any atom is 0.273 e. The lowest BCUT2D eigenvalue weighted by Crippen LogP contribution is -2.48. The van der Waals surface area contributed by atoms with Gasteiger partial charge in [0.05, 0.1) is 25.7 Å². The first-order valence-corrected chi connectivity index (χ1v) is 15.1. The first-order chi connectivity index (χ1) is 21.3. The van der Waals surface area contributed by atoms with Crippen molar-refractivity contribution < 1.29 is 23.6 Å². The van der Waals surface area contributed by atoms with E-state index in [1.54, 1.807) is 48.8 Å². The van der Waals surface area contributed by atoms with Crippen molar-refractivity contribution in [3.05, 3.63) is 110 Å². The second-order valence-corrected chi connectivity index (χ2v) is 11.4. The predicted octanol–water partition coefficient (Wildman–Crippen LogP) is 5.41. The lowest BCUT2D eigenvalue weighted by molar-refractivity contribution is -0.384. The van der Waals surface area contributed by atoms with E-state index in [2.05, 4.69) is 14.8 Å². The molecule has 230 valence electrons. The summed E-state index contributed by atoms with van der Waals surface area (Å²) < 4.78 is 25.4. The molecule has 44 heavy (non-hydrogen) atoms. The van der Waals surface area contributed by atoms with Crippen molar-refractivity contribution in [2.75, 3.05) is 51.8 Å². The van der Waals surface area contributed by atoms with Crippen LogP contribution in [0.3, 0.4) is 0 Å². The minimum Gasteiger partial charge on any atom is -0.493 e. The molecule has 12 heteroatoms. The van der Waals surface area contributed by atoms with Crippen LogP contribution in [-0.4, -0.2) is 72.6 Å². The lowest BCUT2D eigenvalue weighted by atomic mass is 10.1. The number of amides is 1. The molecule has 1 aromatic heterocycles. The van der Waals surface area contributed by atoms with Crippen LogP contribution in [0, 0.1) is 15.9 Å². The van der Waals surface area contributed by atoms with Crippen molar-refractivity contribution in [2.45, 2.75) is 19.5 Å². The number of ether oxygens (including phenoxy) is 2. The highest BCUT2D eigenvalue weighted by atomic mass is 32.1. The number of halogens is 1. The summed E-state index contributed by atoms with van der Waals surface area (Å²) >= 11 is 1.42. The van der Waals surface area contributed by atoms with Crippen LogP contribution in [0.15, 0.2) is 72.1 Å². The third kappa shape index (κ3) is 7.50. The predicted molar refractivity (Wildman–Crippen MR) is 167 cm³/mol. The van der Waals surface area contributed by atoms with Crippen LogP contribution in [0.1, 0.15) is 26.6 Å². The van der Waals surface area contributed by atoms with Crippen molar-refractivity contribution in [3.8, 4) is 11.5 Å². The maximum absolute atomic E-state index is 14.6. The number of hydrogen-bond donors (Lipinski definition) is 0. The smallest absolute Gasteiger partial charge is 0.273 e. The van der Waals surface area contributed by atoms with Gasteiger partial charge in [0.25, 0.3) is 11.6 Å². The standard InChI is InChI=1S/C32H34FN5O5S/c1-42-29-12-7-23(19-30(29)43-2)13-14-35(20-24-5-3-4-6-27(24)33)21-31-34-28(22-44-31)32(39)37-17-15-36(16-18-37)25-8-10-26(11-9-25)38(40)41/h3-12,19,22H,13-18,20-21H2,1-2H3. The van der Waals surface area contributed by atoms with Crippen molar-refractivity contribution in [3.63, 3.8) is 0 Å². The third-order valence-corrected chi connectivity index (χ3v) is 8.47. The fourth-order valence-corrected chi connectivity index (χ4v) is 6.00. The van der Waals surface area contributed by atoms with E-state index in [4.69, 9.17) is 9.47 Å². The molecule has 4 aromatic rings. The molecule has 0 spiro atoms. The Bertz CT molecular complexity index is 1590. The van der Waals surface area contributed by atoms with E-state index in [0.29, 0.717) is 75.0 Å². The van der Waals surface area contributed by atoms with Crippen LogP contribution in [0.2, 0.25) is 0 Å². The van der Waals surface area contributed by atoms with Crippen molar-refractivity contribution in [1.29, 1.82) is 0 Å². The molecular formula is C32H34FN5O5S. The molecule has 5 rings (SSSR count). The molecule has 0 bridgehead atoms. The van der Waals surface area contributed by atoms with Crippen LogP contribution in [0.5, 0.6) is 11.5 Å². The van der Waals surface area contributed by atoms with Crippen LogP contribution in [0.25, 0.3) is 0 Å². The highest BCUT2D eigenvalue weighted by molar-refractivity contribution is 7.09. The van der Waals surface area contributed by atoms with Gasteiger partial charge < -0.3 is 19.3 Å². The number of hydrogen-bond acceptors (Lipinski definition) is 9. The molecular weight excluding hydrogens is 585 g/mol. The summed E-state index contributed by atoms with van der Waals surface area (Å²) in [6.45, 7) is 3.78.